The van der Waals surface area contributed by atoms with E-state index in [1.807, 2.05) is 0 Å². The predicted octanol–water partition coefficient (Wildman–Crippen LogP) is 2.50. The average Bonchev–Trinajstić information content (AvgIpc) is 2.79. The highest BCUT2D eigenvalue weighted by Crippen LogP contribution is 2.41. The molecule has 0 spiro atoms. The van der Waals surface area contributed by atoms with Crippen molar-refractivity contribution < 1.29 is 31.8 Å². The van der Waals surface area contributed by atoms with Crippen LogP contribution in [0.15, 0.2) is 48.5 Å². The Kier molecular flexibility index (Phi) is 6.98. The maximum Gasteiger partial charge on any atom is 0.320 e. The lowest BCUT2D eigenvalue weighted by molar-refractivity contribution is -0.153. The molecule has 3 rings (SSSR count). The zero-order valence-electron chi connectivity index (χ0n) is 17.7. The van der Waals surface area contributed by atoms with Gasteiger partial charge in [-0.2, -0.15) is 0 Å². The predicted molar refractivity (Wildman–Crippen MR) is 113 cm³/mol. The Balaban J connectivity index is 2.03. The van der Waals surface area contributed by atoms with Crippen LogP contribution in [0.3, 0.4) is 0 Å². The van der Waals surface area contributed by atoms with Gasteiger partial charge in [-0.3, -0.25) is 4.79 Å². The number of benzene rings is 2. The second-order valence-electron chi connectivity index (χ2n) is 7.42. The minimum atomic E-state index is -4.05. The van der Waals surface area contributed by atoms with E-state index < -0.39 is 32.5 Å². The Labute approximate surface area is 181 Å². The smallest absolute Gasteiger partial charge is 0.320 e. The van der Waals surface area contributed by atoms with Crippen molar-refractivity contribution in [2.45, 2.75) is 23.6 Å². The number of hydrogen-bond donors (Lipinski definition) is 0. The third kappa shape index (κ3) is 4.30. The van der Waals surface area contributed by atoms with Crippen LogP contribution < -0.4 is 4.74 Å². The van der Waals surface area contributed by atoms with Crippen LogP contribution in [0.1, 0.15) is 17.5 Å². The highest BCUT2D eigenvalue weighted by Gasteiger charge is 2.57. The summed E-state index contributed by atoms with van der Waals surface area (Å²) < 4.78 is 58.9. The molecule has 1 aliphatic rings. The van der Waals surface area contributed by atoms with Crippen molar-refractivity contribution >= 4 is 16.0 Å². The van der Waals surface area contributed by atoms with E-state index in [1.165, 1.54) is 29.6 Å². The van der Waals surface area contributed by atoms with Gasteiger partial charge in [-0.25, -0.2) is 17.1 Å². The average molecular weight is 452 g/mol. The molecule has 9 heteroatoms. The molecule has 2 aromatic rings. The molecular formula is C22H26FNO6S. The lowest BCUT2D eigenvalue weighted by atomic mass is 9.75. The van der Waals surface area contributed by atoms with E-state index in [0.29, 0.717) is 5.75 Å². The minimum absolute atomic E-state index is 0.0265. The van der Waals surface area contributed by atoms with Crippen LogP contribution in [0.4, 0.5) is 4.39 Å². The van der Waals surface area contributed by atoms with Crippen molar-refractivity contribution in [1.29, 1.82) is 0 Å². The second-order valence-corrected chi connectivity index (χ2v) is 9.64. The summed E-state index contributed by atoms with van der Waals surface area (Å²) in [7, 11) is 0.0984. The first-order chi connectivity index (χ1) is 14.8. The molecule has 1 fully saturated rings. The molecule has 1 aliphatic heterocycles. The number of hydrogen-bond acceptors (Lipinski definition) is 6. The van der Waals surface area contributed by atoms with Crippen molar-refractivity contribution in [3.63, 3.8) is 0 Å². The van der Waals surface area contributed by atoms with Crippen molar-refractivity contribution in [1.82, 2.24) is 4.31 Å². The van der Waals surface area contributed by atoms with Crippen molar-refractivity contribution in [2.24, 2.45) is 0 Å². The third-order valence-corrected chi connectivity index (χ3v) is 8.02. The summed E-state index contributed by atoms with van der Waals surface area (Å²) in [5.74, 6) is -0.872. The lowest BCUT2D eigenvalue weighted by Crippen LogP contribution is -2.59. The molecule has 0 saturated carbocycles. The molecule has 2 atom stereocenters. The Morgan fingerprint density at radius 2 is 1.87 bits per heavy atom. The fourth-order valence-electron chi connectivity index (χ4n) is 4.02. The van der Waals surface area contributed by atoms with E-state index in [4.69, 9.17) is 14.2 Å². The van der Waals surface area contributed by atoms with Gasteiger partial charge in [0.05, 0.1) is 20.8 Å². The molecule has 2 unspecified atom stereocenters. The molecule has 0 radical (unpaired) electrons. The maximum absolute atomic E-state index is 14.8. The van der Waals surface area contributed by atoms with Gasteiger partial charge in [0.15, 0.2) is 0 Å². The van der Waals surface area contributed by atoms with Gasteiger partial charge in [-0.1, -0.05) is 30.3 Å². The maximum atomic E-state index is 14.8. The molecule has 0 amide bonds. The summed E-state index contributed by atoms with van der Waals surface area (Å²) in [5.41, 5.74) is -1.12. The minimum Gasteiger partial charge on any atom is -0.497 e. The Bertz CT molecular complexity index is 1030. The van der Waals surface area contributed by atoms with Gasteiger partial charge in [0.1, 0.15) is 22.2 Å². The zero-order chi connectivity index (χ0) is 22.6. The number of ether oxygens (including phenoxy) is 3. The number of sulfonamides is 1. The summed E-state index contributed by atoms with van der Waals surface area (Å²) >= 11 is 0. The van der Waals surface area contributed by atoms with E-state index in [0.717, 1.165) is 12.7 Å². The molecule has 31 heavy (non-hydrogen) atoms. The van der Waals surface area contributed by atoms with E-state index in [2.05, 4.69) is 0 Å². The van der Waals surface area contributed by atoms with Gasteiger partial charge in [-0.15, -0.1) is 0 Å². The molecule has 1 heterocycles. The van der Waals surface area contributed by atoms with Crippen LogP contribution in [-0.2, 0) is 36.3 Å². The van der Waals surface area contributed by atoms with Gasteiger partial charge in [0.2, 0.25) is 10.0 Å². The Hall–Kier alpha value is -2.49. The molecule has 0 aromatic heterocycles. The summed E-state index contributed by atoms with van der Waals surface area (Å²) in [6.07, 6.45) is 0.0265. The first-order valence-electron chi connectivity index (χ1n) is 9.76. The van der Waals surface area contributed by atoms with Crippen LogP contribution in [0, 0.1) is 5.82 Å². The lowest BCUT2D eigenvalue weighted by Gasteiger charge is -2.42. The quantitative estimate of drug-likeness (QED) is 0.602. The molecule has 0 aliphatic carbocycles. The standard InChI is InChI=1S/C22H26FNO6S/c1-24(14-16-8-10-17(28-2)11-9-16)31(26,27)20-12-13-30-15-22(20,21(25)29-3)18-6-4-5-7-19(18)23/h4-11,20H,12-15H2,1-3H3. The van der Waals surface area contributed by atoms with E-state index >= 15 is 0 Å². The van der Waals surface area contributed by atoms with Gasteiger partial charge in [-0.05, 0) is 30.2 Å². The van der Waals surface area contributed by atoms with E-state index in [9.17, 15) is 17.6 Å². The molecule has 168 valence electrons. The molecule has 0 N–H and O–H groups in total. The fourth-order valence-corrected chi connectivity index (χ4v) is 5.98. The highest BCUT2D eigenvalue weighted by atomic mass is 32.2. The summed E-state index contributed by atoms with van der Waals surface area (Å²) in [6, 6.07) is 12.6. The third-order valence-electron chi connectivity index (χ3n) is 5.67. The molecule has 7 nitrogen and oxygen atoms in total. The number of esters is 1. The van der Waals surface area contributed by atoms with Crippen LogP contribution >= 0.6 is 0 Å². The molecule has 2 aromatic carbocycles. The number of methoxy groups -OCH3 is 2. The van der Waals surface area contributed by atoms with Crippen LogP contribution in [0.5, 0.6) is 5.75 Å². The van der Waals surface area contributed by atoms with Gasteiger partial charge < -0.3 is 14.2 Å². The topological polar surface area (TPSA) is 82.1 Å². The fraction of sp³-hybridized carbons (Fsp3) is 0.409. The van der Waals surface area contributed by atoms with Gasteiger partial charge >= 0.3 is 5.97 Å². The van der Waals surface area contributed by atoms with Gasteiger partial charge in [0.25, 0.3) is 0 Å². The number of carbonyl (C=O) groups excluding carboxylic acids is 1. The molecular weight excluding hydrogens is 425 g/mol. The summed E-state index contributed by atoms with van der Waals surface area (Å²) in [5, 5.41) is -1.25. The normalized spacial score (nSPS) is 21.6. The summed E-state index contributed by atoms with van der Waals surface area (Å²) in [6.45, 7) is -0.0768. The van der Waals surface area contributed by atoms with Crippen molar-refractivity contribution in [3.8, 4) is 5.75 Å². The molecule has 1 saturated heterocycles. The van der Waals surface area contributed by atoms with Crippen LogP contribution in [-0.4, -0.2) is 58.4 Å². The highest BCUT2D eigenvalue weighted by molar-refractivity contribution is 7.89. The SMILES string of the molecule is COC(=O)C1(c2ccccc2F)COCCC1S(=O)(=O)N(C)Cc1ccc(OC)cc1. The second kappa shape index (κ2) is 9.33. The summed E-state index contributed by atoms with van der Waals surface area (Å²) in [4.78, 5) is 13.0. The van der Waals surface area contributed by atoms with Crippen molar-refractivity contribution in [2.75, 3.05) is 34.5 Å². The largest absolute Gasteiger partial charge is 0.497 e. The number of nitrogens with zero attached hydrogens (tertiary/aromatic N) is 1. The molecule has 0 bridgehead atoms. The first kappa shape index (κ1) is 23.2. The van der Waals surface area contributed by atoms with E-state index in [1.54, 1.807) is 37.4 Å². The van der Waals surface area contributed by atoms with Crippen LogP contribution in [0.2, 0.25) is 0 Å². The monoisotopic (exact) mass is 451 g/mol. The Morgan fingerprint density at radius 1 is 1.19 bits per heavy atom. The van der Waals surface area contributed by atoms with Gasteiger partial charge in [0, 0.05) is 25.8 Å². The number of halogens is 1. The number of carbonyl (C=O) groups is 1. The Morgan fingerprint density at radius 3 is 2.48 bits per heavy atom. The van der Waals surface area contributed by atoms with Crippen LogP contribution in [0.25, 0.3) is 0 Å². The first-order valence-corrected chi connectivity index (χ1v) is 11.3. The van der Waals surface area contributed by atoms with E-state index in [-0.39, 0.29) is 31.7 Å². The zero-order valence-corrected chi connectivity index (χ0v) is 18.5. The number of rotatable bonds is 7. The van der Waals surface area contributed by atoms with Crippen molar-refractivity contribution in [3.05, 3.63) is 65.5 Å².